The monoisotopic (exact) mass is 231 g/mol. The van der Waals surface area contributed by atoms with Crippen molar-refractivity contribution in [3.8, 4) is 0 Å². The standard InChI is InChI=1S/C15H29B2/c1-12(2)17-14(4)9-6-8-13(3)15(5,16)11-7-10-14/h12-13H,6-11H2,1-5H3. The molecular weight excluding hydrogens is 202 g/mol. The van der Waals surface area contributed by atoms with Crippen LogP contribution in [0.1, 0.15) is 73.1 Å². The SMILES string of the molecule is [B]C1(C)CCCC(C)([B]C(C)C)CCCC1C. The highest BCUT2D eigenvalue weighted by Crippen LogP contribution is 2.47. The van der Waals surface area contributed by atoms with Gasteiger partial charge in [-0.05, 0) is 5.92 Å². The van der Waals surface area contributed by atoms with Crippen LogP contribution in [0.3, 0.4) is 0 Å². The fourth-order valence-electron chi connectivity index (χ4n) is 3.36. The molecule has 0 nitrogen and oxygen atoms in total. The van der Waals surface area contributed by atoms with Crippen molar-refractivity contribution in [3.05, 3.63) is 0 Å². The summed E-state index contributed by atoms with van der Waals surface area (Å²) in [6, 6.07) is 0. The average molecular weight is 231 g/mol. The van der Waals surface area contributed by atoms with Gasteiger partial charge in [0.05, 0.1) is 7.85 Å². The lowest BCUT2D eigenvalue weighted by atomic mass is 9.44. The second kappa shape index (κ2) is 5.85. The summed E-state index contributed by atoms with van der Waals surface area (Å²) in [5.41, 5.74) is 0. The molecule has 2 heteroatoms. The van der Waals surface area contributed by atoms with E-state index in [9.17, 15) is 0 Å². The van der Waals surface area contributed by atoms with Crippen LogP contribution in [0.4, 0.5) is 0 Å². The molecule has 1 aliphatic rings. The molecule has 0 aliphatic heterocycles. The summed E-state index contributed by atoms with van der Waals surface area (Å²) in [6.45, 7) is 11.6. The van der Waals surface area contributed by atoms with E-state index in [0.29, 0.717) is 17.0 Å². The summed E-state index contributed by atoms with van der Waals surface area (Å²) >= 11 is 0. The fourth-order valence-corrected chi connectivity index (χ4v) is 3.36. The number of rotatable bonds is 2. The van der Waals surface area contributed by atoms with Gasteiger partial charge in [0.1, 0.15) is 7.28 Å². The van der Waals surface area contributed by atoms with Crippen molar-refractivity contribution < 1.29 is 0 Å². The molecule has 1 saturated carbocycles. The topological polar surface area (TPSA) is 0 Å². The fraction of sp³-hybridized carbons (Fsp3) is 1.00. The first kappa shape index (κ1) is 15.2. The average Bonchev–Trinajstić information content (AvgIpc) is 2.18. The van der Waals surface area contributed by atoms with E-state index in [1.807, 2.05) is 0 Å². The first-order chi connectivity index (χ1) is 7.75. The van der Waals surface area contributed by atoms with Crippen molar-refractivity contribution >= 4 is 15.1 Å². The molecule has 0 bridgehead atoms. The second-order valence-electron chi connectivity index (χ2n) is 7.22. The summed E-state index contributed by atoms with van der Waals surface area (Å²) in [5.74, 6) is 1.35. The van der Waals surface area contributed by atoms with Crippen LogP contribution in [0.5, 0.6) is 0 Å². The zero-order chi connectivity index (χ0) is 13.1. The molecule has 0 spiro atoms. The molecule has 1 rings (SSSR count). The molecule has 0 heterocycles. The van der Waals surface area contributed by atoms with Gasteiger partial charge in [-0.15, -0.1) is 0 Å². The lowest BCUT2D eigenvalue weighted by molar-refractivity contribution is 0.359. The summed E-state index contributed by atoms with van der Waals surface area (Å²) in [4.78, 5) is 0. The van der Waals surface area contributed by atoms with Crippen LogP contribution >= 0.6 is 0 Å². The van der Waals surface area contributed by atoms with Gasteiger partial charge in [-0.25, -0.2) is 0 Å². The van der Waals surface area contributed by atoms with E-state index in [1.165, 1.54) is 38.5 Å². The van der Waals surface area contributed by atoms with Crippen molar-refractivity contribution in [2.45, 2.75) is 89.6 Å². The molecule has 1 aliphatic carbocycles. The van der Waals surface area contributed by atoms with Crippen molar-refractivity contribution in [2.24, 2.45) is 5.92 Å². The zero-order valence-electron chi connectivity index (χ0n) is 12.6. The molecule has 0 aromatic carbocycles. The lowest BCUT2D eigenvalue weighted by Crippen LogP contribution is -2.19. The first-order valence-corrected chi connectivity index (χ1v) is 7.40. The van der Waals surface area contributed by atoms with Crippen LogP contribution in [0.2, 0.25) is 16.4 Å². The van der Waals surface area contributed by atoms with Gasteiger partial charge in [-0.2, -0.15) is 0 Å². The maximum atomic E-state index is 6.44. The summed E-state index contributed by atoms with van der Waals surface area (Å²) in [5, 5.41) is 0.484. The Bertz CT molecular complexity index is 235. The minimum atomic E-state index is 0.0447. The quantitative estimate of drug-likeness (QED) is 0.584. The second-order valence-corrected chi connectivity index (χ2v) is 7.22. The molecular formula is C15H29B2. The molecule has 3 radical (unpaired) electrons. The van der Waals surface area contributed by atoms with Crippen LogP contribution in [0.25, 0.3) is 0 Å². The predicted molar refractivity (Wildman–Crippen MR) is 80.2 cm³/mol. The Morgan fingerprint density at radius 3 is 2.29 bits per heavy atom. The molecule has 1 fully saturated rings. The van der Waals surface area contributed by atoms with Gasteiger partial charge in [0, 0.05) is 0 Å². The first-order valence-electron chi connectivity index (χ1n) is 7.40. The van der Waals surface area contributed by atoms with Crippen molar-refractivity contribution in [2.75, 3.05) is 0 Å². The van der Waals surface area contributed by atoms with E-state index >= 15 is 0 Å². The van der Waals surface area contributed by atoms with E-state index in [-0.39, 0.29) is 5.31 Å². The number of hydrogen-bond acceptors (Lipinski definition) is 0. The predicted octanol–water partition coefficient (Wildman–Crippen LogP) is 5.03. The van der Waals surface area contributed by atoms with E-state index in [0.717, 1.165) is 0 Å². The van der Waals surface area contributed by atoms with Gasteiger partial charge in [0.2, 0.25) is 0 Å². The lowest BCUT2D eigenvalue weighted by Gasteiger charge is -2.32. The minimum absolute atomic E-state index is 0.0447. The van der Waals surface area contributed by atoms with E-state index < -0.39 is 0 Å². The molecule has 0 aromatic heterocycles. The highest BCUT2D eigenvalue weighted by atomic mass is 14.3. The molecule has 3 atom stereocenters. The molecule has 0 aromatic rings. The Kier molecular flexibility index (Phi) is 5.22. The Morgan fingerprint density at radius 1 is 1.12 bits per heavy atom. The van der Waals surface area contributed by atoms with Gasteiger partial charge in [0.25, 0.3) is 0 Å². The minimum Gasteiger partial charge on any atom is -0.0738 e. The van der Waals surface area contributed by atoms with Gasteiger partial charge in [-0.1, -0.05) is 89.6 Å². The summed E-state index contributed by atoms with van der Waals surface area (Å²) < 4.78 is 0. The van der Waals surface area contributed by atoms with Crippen LogP contribution in [-0.2, 0) is 0 Å². The van der Waals surface area contributed by atoms with Crippen LogP contribution in [0.15, 0.2) is 0 Å². The van der Waals surface area contributed by atoms with Gasteiger partial charge >= 0.3 is 0 Å². The van der Waals surface area contributed by atoms with Gasteiger partial charge in [-0.3, -0.25) is 0 Å². The maximum Gasteiger partial charge on any atom is 0.120 e. The van der Waals surface area contributed by atoms with E-state index in [1.54, 1.807) is 0 Å². The van der Waals surface area contributed by atoms with Crippen molar-refractivity contribution in [1.82, 2.24) is 0 Å². The third kappa shape index (κ3) is 4.72. The Labute approximate surface area is 111 Å². The van der Waals surface area contributed by atoms with Gasteiger partial charge in [0.15, 0.2) is 0 Å². The summed E-state index contributed by atoms with van der Waals surface area (Å²) in [6.07, 6.45) is 7.71. The third-order valence-electron chi connectivity index (χ3n) is 4.71. The zero-order valence-corrected chi connectivity index (χ0v) is 12.6. The van der Waals surface area contributed by atoms with Crippen LogP contribution < -0.4 is 0 Å². The molecule has 0 amide bonds. The van der Waals surface area contributed by atoms with Gasteiger partial charge < -0.3 is 0 Å². The summed E-state index contributed by atoms with van der Waals surface area (Å²) in [7, 11) is 9.01. The number of hydrogen-bond donors (Lipinski definition) is 0. The highest BCUT2D eigenvalue weighted by molar-refractivity contribution is 6.41. The van der Waals surface area contributed by atoms with E-state index in [2.05, 4.69) is 41.9 Å². The molecule has 17 heavy (non-hydrogen) atoms. The molecule has 95 valence electrons. The molecule has 0 saturated heterocycles. The Hall–Kier alpha value is 0.130. The van der Waals surface area contributed by atoms with Crippen LogP contribution in [-0.4, -0.2) is 15.1 Å². The largest absolute Gasteiger partial charge is 0.120 e. The highest BCUT2D eigenvalue weighted by Gasteiger charge is 2.31. The van der Waals surface area contributed by atoms with Crippen molar-refractivity contribution in [3.63, 3.8) is 0 Å². The van der Waals surface area contributed by atoms with Crippen molar-refractivity contribution in [1.29, 1.82) is 0 Å². The third-order valence-corrected chi connectivity index (χ3v) is 4.71. The molecule has 3 unspecified atom stereocenters. The van der Waals surface area contributed by atoms with E-state index in [4.69, 9.17) is 7.85 Å². The molecule has 0 N–H and O–H groups in total. The maximum absolute atomic E-state index is 6.44. The Balaban J connectivity index is 2.64. The van der Waals surface area contributed by atoms with Crippen LogP contribution in [0, 0.1) is 5.92 Å². The normalized spacial score (nSPS) is 40.5. The smallest absolute Gasteiger partial charge is 0.0738 e. The Morgan fingerprint density at radius 2 is 1.71 bits per heavy atom.